The zero-order valence-electron chi connectivity index (χ0n) is 18.3. The molecule has 166 valence electrons. The molecule has 0 radical (unpaired) electrons. The van der Waals surface area contributed by atoms with E-state index in [-0.39, 0.29) is 30.4 Å². The Hall–Kier alpha value is -3.26. The highest BCUT2D eigenvalue weighted by molar-refractivity contribution is 8.14. The average Bonchev–Trinajstić information content (AvgIpc) is 3.37. The normalized spacial score (nSPS) is 17.0. The summed E-state index contributed by atoms with van der Waals surface area (Å²) in [4.78, 5) is 31.7. The van der Waals surface area contributed by atoms with Crippen molar-refractivity contribution in [1.82, 2.24) is 5.32 Å². The predicted molar refractivity (Wildman–Crippen MR) is 127 cm³/mol. The van der Waals surface area contributed by atoms with Crippen LogP contribution in [0.5, 0.6) is 11.5 Å². The summed E-state index contributed by atoms with van der Waals surface area (Å²) in [7, 11) is 0. The Bertz CT molecular complexity index is 1090. The van der Waals surface area contributed by atoms with E-state index in [1.54, 1.807) is 11.0 Å². The zero-order valence-corrected chi connectivity index (χ0v) is 19.1. The van der Waals surface area contributed by atoms with Crippen molar-refractivity contribution < 1.29 is 19.1 Å². The summed E-state index contributed by atoms with van der Waals surface area (Å²) in [5.74, 6) is 1.17. The molecule has 2 aliphatic heterocycles. The van der Waals surface area contributed by atoms with Crippen LogP contribution >= 0.6 is 11.8 Å². The number of amides is 2. The maximum absolute atomic E-state index is 13.3. The minimum absolute atomic E-state index is 0.0865. The number of nitrogens with one attached hydrogen (secondary N) is 1. The van der Waals surface area contributed by atoms with Crippen molar-refractivity contribution in [2.45, 2.75) is 33.2 Å². The molecule has 0 aliphatic carbocycles. The van der Waals surface area contributed by atoms with Crippen LogP contribution in [0.1, 0.15) is 31.4 Å². The van der Waals surface area contributed by atoms with Crippen molar-refractivity contribution in [3.63, 3.8) is 0 Å². The fourth-order valence-electron chi connectivity index (χ4n) is 3.22. The van der Waals surface area contributed by atoms with Crippen LogP contribution in [0.4, 0.5) is 5.69 Å². The summed E-state index contributed by atoms with van der Waals surface area (Å²) in [5.41, 5.74) is 2.89. The molecule has 1 atom stereocenters. The lowest BCUT2D eigenvalue weighted by molar-refractivity contribution is -0.119. The van der Waals surface area contributed by atoms with Gasteiger partial charge in [-0.2, -0.15) is 0 Å². The van der Waals surface area contributed by atoms with Crippen LogP contribution < -0.4 is 19.7 Å². The van der Waals surface area contributed by atoms with E-state index in [4.69, 9.17) is 9.47 Å². The first-order chi connectivity index (χ1) is 15.4. The van der Waals surface area contributed by atoms with Gasteiger partial charge in [-0.3, -0.25) is 14.5 Å². The molecule has 1 unspecified atom stereocenters. The molecule has 1 N–H and O–H groups in total. The first-order valence-electron chi connectivity index (χ1n) is 10.5. The number of thioether (sulfide) groups is 1. The van der Waals surface area contributed by atoms with Gasteiger partial charge in [0.05, 0.1) is 11.4 Å². The fraction of sp³-hybridized carbons (Fsp3) is 0.292. The van der Waals surface area contributed by atoms with E-state index in [0.717, 1.165) is 17.5 Å². The largest absolute Gasteiger partial charge is 0.454 e. The molecule has 2 amide bonds. The molecule has 8 heteroatoms. The number of hydrogen-bond donors (Lipinski definition) is 1. The van der Waals surface area contributed by atoms with Crippen LogP contribution in [-0.4, -0.2) is 35.6 Å². The number of nitrogens with zero attached hydrogens (tertiary/aromatic N) is 2. The Kier molecular flexibility index (Phi) is 6.50. The third kappa shape index (κ3) is 4.80. The number of carbonyl (C=O) groups is 2. The van der Waals surface area contributed by atoms with Gasteiger partial charge in [0.15, 0.2) is 16.7 Å². The molecule has 2 heterocycles. The van der Waals surface area contributed by atoms with Gasteiger partial charge in [0, 0.05) is 6.04 Å². The molecule has 4 rings (SSSR count). The number of fused-ring (bicyclic) bond motifs is 1. The van der Waals surface area contributed by atoms with E-state index in [0.29, 0.717) is 28.1 Å². The molecule has 32 heavy (non-hydrogen) atoms. The van der Waals surface area contributed by atoms with Crippen LogP contribution in [0.25, 0.3) is 6.08 Å². The lowest BCUT2D eigenvalue weighted by atomic mass is 10.1. The van der Waals surface area contributed by atoms with Gasteiger partial charge in [0.25, 0.3) is 5.91 Å². The second kappa shape index (κ2) is 9.48. The maximum Gasteiger partial charge on any atom is 0.283 e. The molecule has 2 aromatic carbocycles. The third-order valence-electron chi connectivity index (χ3n) is 5.17. The van der Waals surface area contributed by atoms with Gasteiger partial charge in [0.2, 0.25) is 12.7 Å². The standard InChI is InChI=1S/C24H25N3O4S/c1-4-16(3)25-22(28)13-32-24-26-19(11-17-7-10-20-21(12-17)31-14-30-20)23(29)27(24)18-8-5-15(2)6-9-18/h5-12,16H,4,13-14H2,1-3H3,(H,25,28)/b19-11-. The summed E-state index contributed by atoms with van der Waals surface area (Å²) in [5, 5.41) is 3.42. The van der Waals surface area contributed by atoms with Crippen molar-refractivity contribution in [1.29, 1.82) is 0 Å². The van der Waals surface area contributed by atoms with E-state index < -0.39 is 0 Å². The molecule has 0 aromatic heterocycles. The van der Waals surface area contributed by atoms with Crippen molar-refractivity contribution in [3.05, 3.63) is 59.3 Å². The second-order valence-electron chi connectivity index (χ2n) is 7.68. The highest BCUT2D eigenvalue weighted by Crippen LogP contribution is 2.34. The van der Waals surface area contributed by atoms with E-state index in [1.165, 1.54) is 11.8 Å². The topological polar surface area (TPSA) is 80.2 Å². The average molecular weight is 452 g/mol. The highest BCUT2D eigenvalue weighted by Gasteiger charge is 2.32. The number of benzene rings is 2. The fourth-order valence-corrected chi connectivity index (χ4v) is 4.05. The Morgan fingerprint density at radius 1 is 1.22 bits per heavy atom. The first-order valence-corrected chi connectivity index (χ1v) is 11.5. The summed E-state index contributed by atoms with van der Waals surface area (Å²) < 4.78 is 10.8. The lowest BCUT2D eigenvalue weighted by Gasteiger charge is -2.18. The lowest BCUT2D eigenvalue weighted by Crippen LogP contribution is -2.35. The molecule has 0 spiro atoms. The van der Waals surface area contributed by atoms with Crippen molar-refractivity contribution in [3.8, 4) is 11.5 Å². The quantitative estimate of drug-likeness (QED) is 0.669. The SMILES string of the molecule is CCC(C)NC(=O)CSC1=N/C(=C\c2ccc3c(c2)OCO3)C(=O)N1c1ccc(C)cc1. The van der Waals surface area contributed by atoms with Crippen molar-refractivity contribution in [2.24, 2.45) is 4.99 Å². The third-order valence-corrected chi connectivity index (χ3v) is 6.11. The van der Waals surface area contributed by atoms with Gasteiger partial charge in [-0.1, -0.05) is 42.4 Å². The molecular weight excluding hydrogens is 426 g/mol. The number of rotatable bonds is 6. The first kappa shape index (κ1) is 22.0. The van der Waals surface area contributed by atoms with E-state index in [1.807, 2.05) is 63.2 Å². The summed E-state index contributed by atoms with van der Waals surface area (Å²) in [6.07, 6.45) is 2.58. The Balaban J connectivity index is 1.60. The van der Waals surface area contributed by atoms with Gasteiger partial charge < -0.3 is 14.8 Å². The highest BCUT2D eigenvalue weighted by atomic mass is 32.2. The molecule has 0 saturated carbocycles. The Morgan fingerprint density at radius 2 is 1.97 bits per heavy atom. The molecule has 0 bridgehead atoms. The van der Waals surface area contributed by atoms with E-state index in [9.17, 15) is 9.59 Å². The zero-order chi connectivity index (χ0) is 22.7. The number of carbonyl (C=O) groups excluding carboxylic acids is 2. The van der Waals surface area contributed by atoms with Crippen LogP contribution in [0, 0.1) is 6.92 Å². The predicted octanol–water partition coefficient (Wildman–Crippen LogP) is 4.12. The molecule has 0 saturated heterocycles. The van der Waals surface area contributed by atoms with Gasteiger partial charge in [-0.25, -0.2) is 4.99 Å². The number of aryl methyl sites for hydroxylation is 1. The van der Waals surface area contributed by atoms with Crippen LogP contribution in [0.15, 0.2) is 53.2 Å². The van der Waals surface area contributed by atoms with Crippen LogP contribution in [0.2, 0.25) is 0 Å². The molecular formula is C24H25N3O4S. The summed E-state index contributed by atoms with van der Waals surface area (Å²) in [6, 6.07) is 13.2. The van der Waals surface area contributed by atoms with E-state index in [2.05, 4.69) is 10.3 Å². The van der Waals surface area contributed by atoms with Gasteiger partial charge >= 0.3 is 0 Å². The number of hydrogen-bond acceptors (Lipinski definition) is 6. The minimum Gasteiger partial charge on any atom is -0.454 e. The Morgan fingerprint density at radius 3 is 2.72 bits per heavy atom. The van der Waals surface area contributed by atoms with Gasteiger partial charge in [-0.15, -0.1) is 0 Å². The number of ether oxygens (including phenoxy) is 2. The maximum atomic E-state index is 13.3. The monoisotopic (exact) mass is 451 g/mol. The summed E-state index contributed by atoms with van der Waals surface area (Å²) >= 11 is 1.25. The van der Waals surface area contributed by atoms with Gasteiger partial charge in [0.1, 0.15) is 5.70 Å². The van der Waals surface area contributed by atoms with Crippen molar-refractivity contribution >= 4 is 40.5 Å². The molecule has 2 aliphatic rings. The Labute approximate surface area is 191 Å². The number of anilines is 1. The van der Waals surface area contributed by atoms with Crippen LogP contribution in [-0.2, 0) is 9.59 Å². The molecule has 0 fully saturated rings. The number of amidine groups is 1. The van der Waals surface area contributed by atoms with Crippen LogP contribution in [0.3, 0.4) is 0 Å². The second-order valence-corrected chi connectivity index (χ2v) is 8.62. The smallest absolute Gasteiger partial charge is 0.283 e. The van der Waals surface area contributed by atoms with Crippen molar-refractivity contribution in [2.75, 3.05) is 17.4 Å². The summed E-state index contributed by atoms with van der Waals surface area (Å²) in [6.45, 7) is 6.16. The molecule has 7 nitrogen and oxygen atoms in total. The van der Waals surface area contributed by atoms with E-state index >= 15 is 0 Å². The van der Waals surface area contributed by atoms with Gasteiger partial charge in [-0.05, 0) is 56.2 Å². The number of aliphatic imine (C=N–C) groups is 1. The molecule has 2 aromatic rings. The minimum atomic E-state index is -0.239.